The van der Waals surface area contributed by atoms with Gasteiger partial charge in [0.25, 0.3) is 11.6 Å². The summed E-state index contributed by atoms with van der Waals surface area (Å²) in [6, 6.07) is 1.88. The van der Waals surface area contributed by atoms with Gasteiger partial charge in [-0.3, -0.25) is 14.9 Å². The summed E-state index contributed by atoms with van der Waals surface area (Å²) in [6.07, 6.45) is 0.533. The molecule has 0 bridgehead atoms. The minimum absolute atomic E-state index is 0.0213. The molecule has 0 spiro atoms. The Kier molecular flexibility index (Phi) is 5.53. The predicted molar refractivity (Wildman–Crippen MR) is 71.7 cm³/mol. The van der Waals surface area contributed by atoms with E-state index in [1.807, 2.05) is 0 Å². The Bertz CT molecular complexity index is 504. The van der Waals surface area contributed by atoms with E-state index in [4.69, 9.17) is 28.3 Å². The van der Waals surface area contributed by atoms with Gasteiger partial charge in [-0.1, -0.05) is 30.1 Å². The number of halogens is 2. The second-order valence-electron chi connectivity index (χ2n) is 3.81. The van der Waals surface area contributed by atoms with Crippen LogP contribution in [0, 0.1) is 10.1 Å². The second-order valence-corrected chi connectivity index (χ2v) is 4.59. The molecule has 1 aromatic rings. The maximum Gasteiger partial charge on any atom is 0.290 e. The summed E-state index contributed by atoms with van der Waals surface area (Å²) in [5.74, 6) is -0.553. The van der Waals surface area contributed by atoms with Crippen LogP contribution in [0.2, 0.25) is 10.0 Å². The van der Waals surface area contributed by atoms with Crippen LogP contribution in [0.15, 0.2) is 12.1 Å². The summed E-state index contributed by atoms with van der Waals surface area (Å²) in [7, 11) is 0. The van der Waals surface area contributed by atoms with Crippen molar-refractivity contribution < 1.29 is 14.8 Å². The first-order valence-electron chi connectivity index (χ1n) is 5.45. The summed E-state index contributed by atoms with van der Waals surface area (Å²) >= 11 is 11.4. The molecule has 0 aliphatic heterocycles. The van der Waals surface area contributed by atoms with Gasteiger partial charge in [-0.15, -0.1) is 0 Å². The average molecular weight is 307 g/mol. The maximum atomic E-state index is 11.9. The average Bonchev–Trinajstić information content (AvgIpc) is 2.38. The molecule has 0 aliphatic carbocycles. The van der Waals surface area contributed by atoms with Crippen molar-refractivity contribution in [1.82, 2.24) is 5.32 Å². The molecule has 8 heteroatoms. The van der Waals surface area contributed by atoms with Gasteiger partial charge in [-0.2, -0.15) is 0 Å². The van der Waals surface area contributed by atoms with Crippen LogP contribution in [0.1, 0.15) is 23.7 Å². The molecule has 0 aromatic heterocycles. The van der Waals surface area contributed by atoms with Crippen LogP contribution < -0.4 is 5.32 Å². The topological polar surface area (TPSA) is 92.5 Å². The minimum atomic E-state index is -0.714. The Morgan fingerprint density at radius 2 is 2.16 bits per heavy atom. The molecule has 0 aliphatic rings. The van der Waals surface area contributed by atoms with Crippen LogP contribution in [0.5, 0.6) is 0 Å². The lowest BCUT2D eigenvalue weighted by atomic mass is 10.1. The number of nitrogens with one attached hydrogen (secondary N) is 1. The van der Waals surface area contributed by atoms with E-state index in [1.165, 1.54) is 6.07 Å². The largest absolute Gasteiger partial charge is 0.394 e. The third kappa shape index (κ3) is 3.79. The van der Waals surface area contributed by atoms with E-state index in [1.54, 1.807) is 6.92 Å². The van der Waals surface area contributed by atoms with E-state index in [2.05, 4.69) is 5.32 Å². The van der Waals surface area contributed by atoms with Crippen molar-refractivity contribution in [1.29, 1.82) is 0 Å². The summed E-state index contributed by atoms with van der Waals surface area (Å²) in [5.41, 5.74) is -0.413. The van der Waals surface area contributed by atoms with E-state index in [0.717, 1.165) is 6.07 Å². The van der Waals surface area contributed by atoms with Crippen molar-refractivity contribution in [2.45, 2.75) is 19.4 Å². The second kappa shape index (κ2) is 6.70. The third-order valence-corrected chi connectivity index (χ3v) is 3.31. The molecule has 0 heterocycles. The van der Waals surface area contributed by atoms with Crippen LogP contribution in [-0.4, -0.2) is 28.6 Å². The van der Waals surface area contributed by atoms with E-state index in [-0.39, 0.29) is 22.2 Å². The molecular weight excluding hydrogens is 295 g/mol. The summed E-state index contributed by atoms with van der Waals surface area (Å²) in [5, 5.41) is 22.0. The molecule has 0 unspecified atom stereocenters. The molecule has 0 saturated heterocycles. The number of hydrogen-bond donors (Lipinski definition) is 2. The van der Waals surface area contributed by atoms with Crippen LogP contribution >= 0.6 is 23.2 Å². The number of carbonyl (C=O) groups is 1. The van der Waals surface area contributed by atoms with Crippen molar-refractivity contribution in [3.8, 4) is 0 Å². The number of amides is 1. The quantitative estimate of drug-likeness (QED) is 0.645. The SMILES string of the molecule is CC[C@@H](CO)NC(=O)c1cc(Cl)c(Cl)c([N+](=O)[O-])c1. The smallest absolute Gasteiger partial charge is 0.290 e. The number of aliphatic hydroxyl groups excluding tert-OH is 1. The fourth-order valence-corrected chi connectivity index (χ4v) is 1.78. The van der Waals surface area contributed by atoms with Crippen LogP contribution in [0.4, 0.5) is 5.69 Å². The van der Waals surface area contributed by atoms with Gasteiger partial charge in [-0.25, -0.2) is 0 Å². The molecule has 104 valence electrons. The lowest BCUT2D eigenvalue weighted by Crippen LogP contribution is -2.36. The number of benzene rings is 1. The molecule has 0 fully saturated rings. The molecule has 1 aromatic carbocycles. The first-order valence-corrected chi connectivity index (χ1v) is 6.21. The zero-order valence-corrected chi connectivity index (χ0v) is 11.5. The normalized spacial score (nSPS) is 12.0. The van der Waals surface area contributed by atoms with E-state index in [9.17, 15) is 14.9 Å². The third-order valence-electron chi connectivity index (χ3n) is 2.52. The Balaban J connectivity index is 3.07. The highest BCUT2D eigenvalue weighted by Gasteiger charge is 2.21. The monoisotopic (exact) mass is 306 g/mol. The Morgan fingerprint density at radius 3 is 2.63 bits per heavy atom. The number of nitro groups is 1. The zero-order valence-electron chi connectivity index (χ0n) is 10.0. The lowest BCUT2D eigenvalue weighted by Gasteiger charge is -2.14. The number of carbonyl (C=O) groups excluding carboxylic acids is 1. The van der Waals surface area contributed by atoms with Crippen LogP contribution in [0.25, 0.3) is 0 Å². The molecule has 1 amide bonds. The van der Waals surface area contributed by atoms with Gasteiger partial charge in [0.15, 0.2) is 0 Å². The summed E-state index contributed by atoms with van der Waals surface area (Å²) in [4.78, 5) is 21.9. The van der Waals surface area contributed by atoms with E-state index >= 15 is 0 Å². The molecule has 6 nitrogen and oxygen atoms in total. The van der Waals surface area contributed by atoms with Crippen molar-refractivity contribution in [3.63, 3.8) is 0 Å². The van der Waals surface area contributed by atoms with E-state index < -0.39 is 22.6 Å². The molecule has 19 heavy (non-hydrogen) atoms. The van der Waals surface area contributed by atoms with Gasteiger partial charge < -0.3 is 10.4 Å². The Morgan fingerprint density at radius 1 is 1.53 bits per heavy atom. The molecule has 1 rings (SSSR count). The molecular formula is C11H12Cl2N2O4. The number of nitro benzene ring substituents is 1. The minimum Gasteiger partial charge on any atom is -0.394 e. The van der Waals surface area contributed by atoms with Crippen molar-refractivity contribution in [2.24, 2.45) is 0 Å². The van der Waals surface area contributed by atoms with Crippen molar-refractivity contribution in [2.75, 3.05) is 6.61 Å². The first kappa shape index (κ1) is 15.7. The number of hydrogen-bond acceptors (Lipinski definition) is 4. The van der Waals surface area contributed by atoms with Gasteiger partial charge in [0.2, 0.25) is 0 Å². The van der Waals surface area contributed by atoms with Crippen molar-refractivity contribution >= 4 is 34.8 Å². The van der Waals surface area contributed by atoms with Gasteiger partial charge in [0, 0.05) is 11.6 Å². The number of aliphatic hydroxyl groups is 1. The fraction of sp³-hybridized carbons (Fsp3) is 0.364. The van der Waals surface area contributed by atoms with Gasteiger partial charge in [-0.05, 0) is 12.5 Å². The lowest BCUT2D eigenvalue weighted by molar-refractivity contribution is -0.384. The highest BCUT2D eigenvalue weighted by atomic mass is 35.5. The molecule has 1 atom stereocenters. The Labute approximate surface area is 119 Å². The van der Waals surface area contributed by atoms with Crippen LogP contribution in [-0.2, 0) is 0 Å². The van der Waals surface area contributed by atoms with Crippen LogP contribution in [0.3, 0.4) is 0 Å². The predicted octanol–water partition coefficient (Wildman–Crippen LogP) is 2.40. The zero-order chi connectivity index (χ0) is 14.6. The maximum absolute atomic E-state index is 11.9. The highest BCUT2D eigenvalue weighted by molar-refractivity contribution is 6.43. The summed E-state index contributed by atoms with van der Waals surface area (Å²) < 4.78 is 0. The number of nitrogens with zero attached hydrogens (tertiary/aromatic N) is 1. The highest BCUT2D eigenvalue weighted by Crippen LogP contribution is 2.33. The number of rotatable bonds is 5. The fourth-order valence-electron chi connectivity index (χ4n) is 1.38. The first-order chi connectivity index (χ1) is 8.90. The summed E-state index contributed by atoms with van der Waals surface area (Å²) in [6.45, 7) is 1.57. The molecule has 0 saturated carbocycles. The van der Waals surface area contributed by atoms with Gasteiger partial charge >= 0.3 is 0 Å². The van der Waals surface area contributed by atoms with E-state index in [0.29, 0.717) is 6.42 Å². The Hall–Kier alpha value is -1.37. The standard InChI is InChI=1S/C11H12Cl2N2O4/c1-2-7(5-16)14-11(17)6-3-8(12)10(13)9(4-6)15(18)19/h3-4,7,16H,2,5H2,1H3,(H,14,17)/t7-/m0/s1. The molecule has 2 N–H and O–H groups in total. The van der Waals surface area contributed by atoms with Crippen molar-refractivity contribution in [3.05, 3.63) is 37.9 Å². The van der Waals surface area contributed by atoms with Gasteiger partial charge in [0.05, 0.1) is 22.6 Å². The van der Waals surface area contributed by atoms with Gasteiger partial charge in [0.1, 0.15) is 5.02 Å². The molecule has 0 radical (unpaired) electrons.